The van der Waals surface area contributed by atoms with E-state index in [1.54, 1.807) is 24.3 Å². The Labute approximate surface area is 119 Å². The van der Waals surface area contributed by atoms with E-state index in [-0.39, 0.29) is 18.6 Å². The number of benzene rings is 1. The van der Waals surface area contributed by atoms with Crippen molar-refractivity contribution < 1.29 is 9.90 Å². The van der Waals surface area contributed by atoms with Crippen LogP contribution in [-0.4, -0.2) is 41.7 Å². The molecule has 1 amide bonds. The maximum absolute atomic E-state index is 11.9. The van der Waals surface area contributed by atoms with Gasteiger partial charge in [-0.3, -0.25) is 9.69 Å². The fourth-order valence-corrected chi connectivity index (χ4v) is 1.90. The summed E-state index contributed by atoms with van der Waals surface area (Å²) in [4.78, 5) is 13.9. The summed E-state index contributed by atoms with van der Waals surface area (Å²) >= 11 is 0. The first-order valence-corrected chi connectivity index (χ1v) is 6.72. The average molecular weight is 275 g/mol. The largest absolute Gasteiger partial charge is 0.395 e. The Morgan fingerprint density at radius 3 is 2.70 bits per heavy atom. The highest BCUT2D eigenvalue weighted by Crippen LogP contribution is 2.13. The van der Waals surface area contributed by atoms with E-state index in [9.17, 15) is 4.79 Å². The molecule has 5 heteroatoms. The summed E-state index contributed by atoms with van der Waals surface area (Å²) in [5.41, 5.74) is 0.996. The van der Waals surface area contributed by atoms with Crippen LogP contribution in [-0.2, 0) is 4.79 Å². The number of carbonyl (C=O) groups is 1. The molecule has 0 bridgehead atoms. The Balaban J connectivity index is 2.53. The molecule has 0 aromatic heterocycles. The molecule has 108 valence electrons. The van der Waals surface area contributed by atoms with Crippen molar-refractivity contribution >= 4 is 11.6 Å². The number of nitrogens with one attached hydrogen (secondary N) is 1. The Morgan fingerprint density at radius 2 is 2.10 bits per heavy atom. The maximum Gasteiger partial charge on any atom is 0.225 e. The first kappa shape index (κ1) is 16.2. The lowest BCUT2D eigenvalue weighted by Gasteiger charge is -2.25. The SMILES string of the molecule is CC(C)N(CCO)CCC(=O)Nc1ccccc1C#N. The van der Waals surface area contributed by atoms with Crippen molar-refractivity contribution in [2.75, 3.05) is 25.0 Å². The first-order valence-electron chi connectivity index (χ1n) is 6.72. The van der Waals surface area contributed by atoms with Gasteiger partial charge in [-0.25, -0.2) is 0 Å². The Hall–Kier alpha value is -1.90. The third kappa shape index (κ3) is 5.00. The van der Waals surface area contributed by atoms with Gasteiger partial charge in [-0.15, -0.1) is 0 Å². The number of nitrogens with zero attached hydrogens (tertiary/aromatic N) is 2. The molecule has 0 radical (unpaired) electrons. The lowest BCUT2D eigenvalue weighted by Crippen LogP contribution is -2.35. The summed E-state index contributed by atoms with van der Waals surface area (Å²) < 4.78 is 0. The molecule has 5 nitrogen and oxygen atoms in total. The molecule has 0 atom stereocenters. The smallest absolute Gasteiger partial charge is 0.225 e. The fraction of sp³-hybridized carbons (Fsp3) is 0.467. The molecule has 1 rings (SSSR count). The number of amides is 1. The molecule has 0 aliphatic rings. The van der Waals surface area contributed by atoms with Crippen molar-refractivity contribution in [3.05, 3.63) is 29.8 Å². The van der Waals surface area contributed by atoms with Crippen LogP contribution in [0.2, 0.25) is 0 Å². The zero-order chi connectivity index (χ0) is 15.0. The summed E-state index contributed by atoms with van der Waals surface area (Å²) in [7, 11) is 0. The highest BCUT2D eigenvalue weighted by Gasteiger charge is 2.12. The van der Waals surface area contributed by atoms with E-state index in [2.05, 4.69) is 5.32 Å². The van der Waals surface area contributed by atoms with Crippen LogP contribution in [0.4, 0.5) is 5.69 Å². The molecule has 0 aliphatic heterocycles. The summed E-state index contributed by atoms with van der Waals surface area (Å²) in [6.07, 6.45) is 0.331. The Kier molecular flexibility index (Phi) is 6.71. The number of anilines is 1. The van der Waals surface area contributed by atoms with E-state index in [4.69, 9.17) is 10.4 Å². The average Bonchev–Trinajstić information content (AvgIpc) is 2.43. The minimum Gasteiger partial charge on any atom is -0.395 e. The Morgan fingerprint density at radius 1 is 1.40 bits per heavy atom. The molecule has 0 fully saturated rings. The van der Waals surface area contributed by atoms with Gasteiger partial charge in [0.2, 0.25) is 5.91 Å². The summed E-state index contributed by atoms with van der Waals surface area (Å²) in [6, 6.07) is 9.25. The van der Waals surface area contributed by atoms with Crippen molar-refractivity contribution in [1.82, 2.24) is 4.90 Å². The lowest BCUT2D eigenvalue weighted by molar-refractivity contribution is -0.116. The van der Waals surface area contributed by atoms with E-state index in [1.165, 1.54) is 0 Å². The molecule has 2 N–H and O–H groups in total. The van der Waals surface area contributed by atoms with Crippen molar-refractivity contribution in [2.45, 2.75) is 26.3 Å². The molecule has 0 unspecified atom stereocenters. The quantitative estimate of drug-likeness (QED) is 0.792. The van der Waals surface area contributed by atoms with Crippen molar-refractivity contribution in [2.24, 2.45) is 0 Å². The number of aliphatic hydroxyl groups excluding tert-OH is 1. The molecule has 0 spiro atoms. The standard InChI is InChI=1S/C15H21N3O2/c1-12(2)18(9-10-19)8-7-15(20)17-14-6-4-3-5-13(14)11-16/h3-6,12,19H,7-10H2,1-2H3,(H,17,20). The van der Waals surface area contributed by atoms with Crippen LogP contribution in [0.25, 0.3) is 0 Å². The number of hydrogen-bond acceptors (Lipinski definition) is 4. The predicted octanol–water partition coefficient (Wildman–Crippen LogP) is 1.59. The van der Waals surface area contributed by atoms with E-state index < -0.39 is 0 Å². The minimum atomic E-state index is -0.128. The van der Waals surface area contributed by atoms with Gasteiger partial charge < -0.3 is 10.4 Å². The van der Waals surface area contributed by atoms with Gasteiger partial charge in [-0.05, 0) is 26.0 Å². The third-order valence-corrected chi connectivity index (χ3v) is 3.07. The van der Waals surface area contributed by atoms with Crippen molar-refractivity contribution in [3.8, 4) is 6.07 Å². The van der Waals surface area contributed by atoms with Crippen LogP contribution in [0.3, 0.4) is 0 Å². The van der Waals surface area contributed by atoms with Crippen LogP contribution in [0.5, 0.6) is 0 Å². The summed E-state index contributed by atoms with van der Waals surface area (Å²) in [5.74, 6) is -0.128. The lowest BCUT2D eigenvalue weighted by atomic mass is 10.2. The number of carbonyl (C=O) groups excluding carboxylic acids is 1. The highest BCUT2D eigenvalue weighted by atomic mass is 16.3. The number of para-hydroxylation sites is 1. The number of rotatable bonds is 7. The van der Waals surface area contributed by atoms with Gasteiger partial charge in [0.1, 0.15) is 6.07 Å². The molecule has 0 saturated heterocycles. The second-order valence-corrected chi connectivity index (χ2v) is 4.81. The van der Waals surface area contributed by atoms with Crippen LogP contribution >= 0.6 is 0 Å². The van der Waals surface area contributed by atoms with Gasteiger partial charge in [-0.1, -0.05) is 12.1 Å². The molecular formula is C15H21N3O2. The van der Waals surface area contributed by atoms with E-state index in [0.717, 1.165) is 0 Å². The van der Waals surface area contributed by atoms with Gasteiger partial charge in [0, 0.05) is 25.6 Å². The summed E-state index contributed by atoms with van der Waals surface area (Å²) in [6.45, 7) is 5.27. The molecule has 1 aromatic carbocycles. The first-order chi connectivity index (χ1) is 9.58. The van der Waals surface area contributed by atoms with Gasteiger partial charge in [-0.2, -0.15) is 5.26 Å². The van der Waals surface area contributed by atoms with Crippen molar-refractivity contribution in [3.63, 3.8) is 0 Å². The highest BCUT2D eigenvalue weighted by molar-refractivity contribution is 5.92. The summed E-state index contributed by atoms with van der Waals surface area (Å²) in [5, 5.41) is 20.7. The van der Waals surface area contributed by atoms with Crippen LogP contribution in [0.1, 0.15) is 25.8 Å². The molecule has 0 aliphatic carbocycles. The van der Waals surface area contributed by atoms with Gasteiger partial charge in [0.15, 0.2) is 0 Å². The zero-order valence-corrected chi connectivity index (χ0v) is 12.0. The molecule has 1 aromatic rings. The van der Waals surface area contributed by atoms with Crippen LogP contribution in [0.15, 0.2) is 24.3 Å². The maximum atomic E-state index is 11.9. The normalized spacial score (nSPS) is 10.6. The number of hydrogen-bond donors (Lipinski definition) is 2. The van der Waals surface area contributed by atoms with Crippen LogP contribution < -0.4 is 5.32 Å². The van der Waals surface area contributed by atoms with E-state index in [1.807, 2.05) is 24.8 Å². The molecule has 0 saturated carbocycles. The topological polar surface area (TPSA) is 76.4 Å². The molecule has 20 heavy (non-hydrogen) atoms. The van der Waals surface area contributed by atoms with Crippen LogP contribution in [0, 0.1) is 11.3 Å². The third-order valence-electron chi connectivity index (χ3n) is 3.07. The predicted molar refractivity (Wildman–Crippen MR) is 78.2 cm³/mol. The zero-order valence-electron chi connectivity index (χ0n) is 12.0. The van der Waals surface area contributed by atoms with Gasteiger partial charge in [0.25, 0.3) is 0 Å². The number of nitriles is 1. The van der Waals surface area contributed by atoms with E-state index >= 15 is 0 Å². The molecule has 0 heterocycles. The van der Waals surface area contributed by atoms with Gasteiger partial charge in [0.05, 0.1) is 17.9 Å². The van der Waals surface area contributed by atoms with E-state index in [0.29, 0.717) is 30.8 Å². The number of aliphatic hydroxyl groups is 1. The second-order valence-electron chi connectivity index (χ2n) is 4.81. The van der Waals surface area contributed by atoms with Crippen molar-refractivity contribution in [1.29, 1.82) is 5.26 Å². The monoisotopic (exact) mass is 275 g/mol. The fourth-order valence-electron chi connectivity index (χ4n) is 1.90. The minimum absolute atomic E-state index is 0.0804. The second kappa shape index (κ2) is 8.31. The van der Waals surface area contributed by atoms with Gasteiger partial charge >= 0.3 is 0 Å². The molecular weight excluding hydrogens is 254 g/mol. The Bertz CT molecular complexity index is 480.